The molecule has 1 saturated heterocycles. The molecule has 1 aliphatic rings. The Morgan fingerprint density at radius 1 is 1.31 bits per heavy atom. The van der Waals surface area contributed by atoms with Gasteiger partial charge >= 0.3 is 0 Å². The number of hydrogen-bond donors (Lipinski definition) is 1. The topological polar surface area (TPSA) is 70.6 Å². The third-order valence-corrected chi connectivity index (χ3v) is 5.98. The van der Waals surface area contributed by atoms with Crippen LogP contribution in [-0.4, -0.2) is 78.2 Å². The smallest absolute Gasteiger partial charge is 0.264 e. The Balaban J connectivity index is 1.77. The normalized spacial score (nSPS) is 15.3. The molecule has 0 atom stereocenters. The highest BCUT2D eigenvalue weighted by molar-refractivity contribution is 7.20. The van der Waals surface area contributed by atoms with Gasteiger partial charge in [0.1, 0.15) is 17.0 Å². The van der Waals surface area contributed by atoms with Crippen LogP contribution >= 0.6 is 11.3 Å². The van der Waals surface area contributed by atoms with E-state index in [0.717, 1.165) is 65.9 Å². The van der Waals surface area contributed by atoms with Gasteiger partial charge in [-0.15, -0.1) is 11.3 Å². The number of morpholine rings is 1. The lowest BCUT2D eigenvalue weighted by Crippen LogP contribution is -2.39. The van der Waals surface area contributed by atoms with E-state index in [0.29, 0.717) is 13.1 Å². The molecule has 0 aromatic carbocycles. The minimum Gasteiger partial charge on any atom is -0.379 e. The van der Waals surface area contributed by atoms with Crippen LogP contribution in [-0.2, 0) is 4.74 Å². The van der Waals surface area contributed by atoms with Crippen LogP contribution in [0.25, 0.3) is 10.2 Å². The fourth-order valence-corrected chi connectivity index (χ4v) is 4.34. The number of carbonyl (C=O) groups excluding carboxylic acids is 1. The van der Waals surface area contributed by atoms with Crippen molar-refractivity contribution in [2.45, 2.75) is 20.8 Å². The zero-order valence-electron chi connectivity index (χ0n) is 15.7. The molecule has 3 heterocycles. The van der Waals surface area contributed by atoms with Gasteiger partial charge in [-0.3, -0.25) is 9.69 Å². The molecule has 2 aromatic rings. The number of carbonyl (C=O) groups is 1. The van der Waals surface area contributed by atoms with Gasteiger partial charge in [-0.05, 0) is 26.3 Å². The molecule has 7 nitrogen and oxygen atoms in total. The van der Waals surface area contributed by atoms with Crippen molar-refractivity contribution >= 4 is 33.3 Å². The molecule has 142 valence electrons. The third-order valence-electron chi connectivity index (χ3n) is 4.80. The number of amides is 1. The molecule has 1 aliphatic heterocycles. The van der Waals surface area contributed by atoms with E-state index in [-0.39, 0.29) is 5.91 Å². The van der Waals surface area contributed by atoms with Crippen LogP contribution in [0.5, 0.6) is 0 Å². The van der Waals surface area contributed by atoms with E-state index < -0.39 is 0 Å². The van der Waals surface area contributed by atoms with Crippen molar-refractivity contribution in [3.63, 3.8) is 0 Å². The summed E-state index contributed by atoms with van der Waals surface area (Å²) in [6.07, 6.45) is 1.57. The van der Waals surface area contributed by atoms with Crippen LogP contribution in [0.4, 0.5) is 5.82 Å². The molecule has 0 saturated carbocycles. The lowest BCUT2D eigenvalue weighted by atomic mass is 10.2. The number of nitrogens with one attached hydrogen (secondary N) is 1. The molecule has 0 bridgehead atoms. The Bertz CT molecular complexity index is 753. The summed E-state index contributed by atoms with van der Waals surface area (Å²) in [6.45, 7) is 12.7. The van der Waals surface area contributed by atoms with Gasteiger partial charge in [0, 0.05) is 39.3 Å². The summed E-state index contributed by atoms with van der Waals surface area (Å²) in [5.74, 6) is 0.894. The molecule has 1 amide bonds. The molecule has 1 fully saturated rings. The number of fused-ring (bicyclic) bond motifs is 1. The third kappa shape index (κ3) is 3.97. The summed E-state index contributed by atoms with van der Waals surface area (Å²) in [5.41, 5.74) is 0.969. The molecule has 0 unspecified atom stereocenters. The average molecular weight is 378 g/mol. The maximum Gasteiger partial charge on any atom is 0.264 e. The molecular weight excluding hydrogens is 350 g/mol. The van der Waals surface area contributed by atoms with E-state index in [4.69, 9.17) is 4.74 Å². The predicted molar refractivity (Wildman–Crippen MR) is 105 cm³/mol. The maximum atomic E-state index is 12.8. The molecule has 0 spiro atoms. The average Bonchev–Trinajstić information content (AvgIpc) is 3.01. The lowest BCUT2D eigenvalue weighted by molar-refractivity contribution is 0.0398. The van der Waals surface area contributed by atoms with E-state index >= 15 is 0 Å². The predicted octanol–water partition coefficient (Wildman–Crippen LogP) is 2.23. The molecular formula is C18H27N5O2S. The van der Waals surface area contributed by atoms with Crippen molar-refractivity contribution in [2.75, 3.05) is 57.8 Å². The number of hydrogen-bond acceptors (Lipinski definition) is 7. The van der Waals surface area contributed by atoms with Gasteiger partial charge in [-0.25, -0.2) is 9.97 Å². The number of rotatable bonds is 7. The lowest BCUT2D eigenvalue weighted by Gasteiger charge is -2.26. The Kier molecular flexibility index (Phi) is 6.39. The Morgan fingerprint density at radius 2 is 2.04 bits per heavy atom. The van der Waals surface area contributed by atoms with E-state index in [9.17, 15) is 4.79 Å². The summed E-state index contributed by atoms with van der Waals surface area (Å²) < 4.78 is 5.38. The second-order valence-electron chi connectivity index (χ2n) is 6.32. The van der Waals surface area contributed by atoms with Crippen LogP contribution in [0.1, 0.15) is 29.1 Å². The molecule has 1 N–H and O–H groups in total. The number of ether oxygens (including phenoxy) is 1. The first-order chi connectivity index (χ1) is 12.7. The summed E-state index contributed by atoms with van der Waals surface area (Å²) in [6, 6.07) is 0. The number of anilines is 1. The minimum absolute atomic E-state index is 0.0785. The summed E-state index contributed by atoms with van der Waals surface area (Å²) >= 11 is 1.46. The highest BCUT2D eigenvalue weighted by Crippen LogP contribution is 2.33. The van der Waals surface area contributed by atoms with Crippen molar-refractivity contribution in [3.05, 3.63) is 16.8 Å². The van der Waals surface area contributed by atoms with Gasteiger partial charge < -0.3 is 15.0 Å². The van der Waals surface area contributed by atoms with Gasteiger partial charge in [-0.2, -0.15) is 0 Å². The SMILES string of the molecule is CCN(CC)C(=O)c1sc2ncnc(NCCN3CCOCC3)c2c1C. The first-order valence-electron chi connectivity index (χ1n) is 9.23. The van der Waals surface area contributed by atoms with Gasteiger partial charge in [-0.1, -0.05) is 0 Å². The molecule has 3 rings (SSSR count). The second kappa shape index (κ2) is 8.75. The van der Waals surface area contributed by atoms with Gasteiger partial charge in [0.05, 0.1) is 23.5 Å². The van der Waals surface area contributed by atoms with Crippen LogP contribution < -0.4 is 5.32 Å². The van der Waals surface area contributed by atoms with Crippen molar-refractivity contribution < 1.29 is 9.53 Å². The van der Waals surface area contributed by atoms with Crippen molar-refractivity contribution in [1.82, 2.24) is 19.8 Å². The fourth-order valence-electron chi connectivity index (χ4n) is 3.22. The standard InChI is InChI=1S/C18H27N5O2S/c1-4-23(5-2)18(24)15-13(3)14-16(20-12-21-17(14)26-15)19-6-7-22-8-10-25-11-9-22/h12H,4-11H2,1-3H3,(H,19,20,21). The van der Waals surface area contributed by atoms with Crippen molar-refractivity contribution in [2.24, 2.45) is 0 Å². The maximum absolute atomic E-state index is 12.8. The number of thiophene rings is 1. The number of nitrogens with zero attached hydrogens (tertiary/aromatic N) is 4. The molecule has 8 heteroatoms. The highest BCUT2D eigenvalue weighted by atomic mass is 32.1. The molecule has 0 radical (unpaired) electrons. The largest absolute Gasteiger partial charge is 0.379 e. The molecule has 26 heavy (non-hydrogen) atoms. The first-order valence-corrected chi connectivity index (χ1v) is 10.0. The Hall–Kier alpha value is -1.77. The van der Waals surface area contributed by atoms with Crippen molar-refractivity contribution in [1.29, 1.82) is 0 Å². The van der Waals surface area contributed by atoms with Crippen LogP contribution in [0.2, 0.25) is 0 Å². The van der Waals surface area contributed by atoms with E-state index in [1.807, 2.05) is 25.7 Å². The summed E-state index contributed by atoms with van der Waals surface area (Å²) in [4.78, 5) is 27.4. The van der Waals surface area contributed by atoms with Gasteiger partial charge in [0.25, 0.3) is 5.91 Å². The number of aromatic nitrogens is 2. The van der Waals surface area contributed by atoms with Gasteiger partial charge in [0.15, 0.2) is 0 Å². The second-order valence-corrected chi connectivity index (χ2v) is 7.32. The fraction of sp³-hybridized carbons (Fsp3) is 0.611. The van der Waals surface area contributed by atoms with Crippen molar-refractivity contribution in [3.8, 4) is 0 Å². The minimum atomic E-state index is 0.0785. The molecule has 0 aliphatic carbocycles. The van der Waals surface area contributed by atoms with Gasteiger partial charge in [0.2, 0.25) is 0 Å². The molecule has 2 aromatic heterocycles. The number of aryl methyl sites for hydroxylation is 1. The zero-order valence-corrected chi connectivity index (χ0v) is 16.6. The van der Waals surface area contributed by atoms with E-state index in [1.54, 1.807) is 6.33 Å². The Morgan fingerprint density at radius 3 is 2.73 bits per heavy atom. The van der Waals surface area contributed by atoms with Crippen LogP contribution in [0, 0.1) is 6.92 Å². The van der Waals surface area contributed by atoms with E-state index in [1.165, 1.54) is 11.3 Å². The van der Waals surface area contributed by atoms with Crippen LogP contribution in [0.3, 0.4) is 0 Å². The zero-order chi connectivity index (χ0) is 18.5. The monoisotopic (exact) mass is 377 g/mol. The van der Waals surface area contributed by atoms with Crippen LogP contribution in [0.15, 0.2) is 6.33 Å². The summed E-state index contributed by atoms with van der Waals surface area (Å²) in [7, 11) is 0. The quantitative estimate of drug-likeness (QED) is 0.798. The van der Waals surface area contributed by atoms with E-state index in [2.05, 4.69) is 20.2 Å². The highest BCUT2D eigenvalue weighted by Gasteiger charge is 2.22. The Labute approximate surface area is 158 Å². The first kappa shape index (κ1) is 19.0. The summed E-state index contributed by atoms with van der Waals surface area (Å²) in [5, 5.41) is 4.40.